The molecule has 1 aliphatic heterocycles. The lowest BCUT2D eigenvalue weighted by molar-refractivity contribution is -0.115. The summed E-state index contributed by atoms with van der Waals surface area (Å²) in [5.41, 5.74) is 1.63. The molecule has 3 aromatic rings. The molecule has 7 nitrogen and oxygen atoms in total. The lowest BCUT2D eigenvalue weighted by Gasteiger charge is -2.17. The number of likely N-dealkylation sites (tertiary alicyclic amines) is 1. The zero-order chi connectivity index (χ0) is 23.9. The summed E-state index contributed by atoms with van der Waals surface area (Å²) in [5.74, 6) is 0.702. The van der Waals surface area contributed by atoms with E-state index in [0.717, 1.165) is 31.0 Å². The molecule has 1 unspecified atom stereocenters. The second-order valence-electron chi connectivity index (χ2n) is 8.11. The highest BCUT2D eigenvalue weighted by Gasteiger charge is 2.22. The fourth-order valence-corrected chi connectivity index (χ4v) is 4.63. The summed E-state index contributed by atoms with van der Waals surface area (Å²) in [7, 11) is 0. The van der Waals surface area contributed by atoms with Gasteiger partial charge in [0.1, 0.15) is 11.6 Å². The van der Waals surface area contributed by atoms with Gasteiger partial charge in [0, 0.05) is 5.69 Å². The largest absolute Gasteiger partial charge is 0.435 e. The average Bonchev–Trinajstić information content (AvgIpc) is 3.46. The number of carbonyl (C=O) groups excluding carboxylic acids is 1. The first kappa shape index (κ1) is 24.2. The fraction of sp³-hybridized carbons (Fsp3) is 0.375. The number of aromatic nitrogens is 3. The molecule has 1 amide bonds. The Hall–Kier alpha value is -2.98. The topological polar surface area (TPSA) is 72.3 Å². The molecule has 10 heteroatoms. The Kier molecular flexibility index (Phi) is 8.12. The molecular weight excluding hydrogens is 460 g/mol. The Morgan fingerprint density at radius 3 is 2.44 bits per heavy atom. The Balaban J connectivity index is 1.44. The highest BCUT2D eigenvalue weighted by molar-refractivity contribution is 8.00. The third-order valence-corrected chi connectivity index (χ3v) is 6.62. The summed E-state index contributed by atoms with van der Waals surface area (Å²) in [6.45, 7) is 2.38. The number of alkyl halides is 2. The molecule has 1 N–H and O–H groups in total. The van der Waals surface area contributed by atoms with E-state index in [4.69, 9.17) is 0 Å². The number of carbonyl (C=O) groups is 1. The van der Waals surface area contributed by atoms with Crippen LogP contribution in [0.25, 0.3) is 0 Å². The average molecular weight is 488 g/mol. The number of nitrogens with one attached hydrogen (secondary N) is 1. The number of amides is 1. The van der Waals surface area contributed by atoms with E-state index in [0.29, 0.717) is 17.4 Å². The van der Waals surface area contributed by atoms with E-state index < -0.39 is 11.9 Å². The van der Waals surface area contributed by atoms with E-state index in [1.54, 1.807) is 6.92 Å². The number of hydrogen-bond acceptors (Lipinski definition) is 6. The van der Waals surface area contributed by atoms with Crippen molar-refractivity contribution in [3.05, 3.63) is 66.0 Å². The highest BCUT2D eigenvalue weighted by atomic mass is 32.2. The van der Waals surface area contributed by atoms with Gasteiger partial charge in [-0.25, -0.2) is 0 Å². The van der Waals surface area contributed by atoms with Crippen molar-refractivity contribution in [2.24, 2.45) is 0 Å². The van der Waals surface area contributed by atoms with Crippen LogP contribution in [0.15, 0.2) is 59.8 Å². The molecule has 2 heterocycles. The molecule has 0 aliphatic carbocycles. The molecular formula is C24H27F2N5O2S. The SMILES string of the molecule is CC(Sc1nnc(CN2CCCC2)n1Cc1ccccc1)C(=O)Nc1ccc(OC(F)F)cc1. The number of benzene rings is 2. The third kappa shape index (κ3) is 6.54. The van der Waals surface area contributed by atoms with Crippen LogP contribution in [0.1, 0.15) is 31.2 Å². The van der Waals surface area contributed by atoms with Crippen LogP contribution in [0.2, 0.25) is 0 Å². The van der Waals surface area contributed by atoms with Crippen molar-refractivity contribution in [1.82, 2.24) is 19.7 Å². The molecule has 0 saturated carbocycles. The minimum Gasteiger partial charge on any atom is -0.435 e. The van der Waals surface area contributed by atoms with Crippen molar-refractivity contribution < 1.29 is 18.3 Å². The summed E-state index contributed by atoms with van der Waals surface area (Å²) in [6, 6.07) is 15.9. The smallest absolute Gasteiger partial charge is 0.387 e. The Morgan fingerprint density at radius 2 is 1.76 bits per heavy atom. The minimum absolute atomic E-state index is 0.0370. The standard InChI is InChI=1S/C24H27F2N5O2S/c1-17(22(32)27-19-9-11-20(12-10-19)33-23(25)26)34-24-29-28-21(16-30-13-5-6-14-30)31(24)15-18-7-3-2-4-8-18/h2-4,7-12,17,23H,5-6,13-16H2,1H3,(H,27,32). The van der Waals surface area contributed by atoms with Gasteiger partial charge in [-0.15, -0.1) is 10.2 Å². The van der Waals surface area contributed by atoms with E-state index in [1.807, 2.05) is 18.2 Å². The quantitative estimate of drug-likeness (QED) is 0.420. The fourth-order valence-electron chi connectivity index (χ4n) is 3.76. The van der Waals surface area contributed by atoms with Crippen LogP contribution < -0.4 is 10.1 Å². The maximum Gasteiger partial charge on any atom is 0.387 e. The van der Waals surface area contributed by atoms with Gasteiger partial charge >= 0.3 is 6.61 Å². The predicted octanol–water partition coefficient (Wildman–Crippen LogP) is 4.64. The van der Waals surface area contributed by atoms with Crippen LogP contribution in [0.4, 0.5) is 14.5 Å². The molecule has 34 heavy (non-hydrogen) atoms. The van der Waals surface area contributed by atoms with Gasteiger partial charge in [0.05, 0.1) is 18.3 Å². The second-order valence-corrected chi connectivity index (χ2v) is 9.41. The third-order valence-electron chi connectivity index (χ3n) is 5.54. The number of nitrogens with zero attached hydrogens (tertiary/aromatic N) is 4. The van der Waals surface area contributed by atoms with Crippen molar-refractivity contribution in [3.8, 4) is 5.75 Å². The zero-order valence-corrected chi connectivity index (χ0v) is 19.7. The van der Waals surface area contributed by atoms with Gasteiger partial charge in [0.2, 0.25) is 5.91 Å². The monoisotopic (exact) mass is 487 g/mol. The molecule has 1 aromatic heterocycles. The van der Waals surface area contributed by atoms with Gasteiger partial charge < -0.3 is 14.6 Å². The van der Waals surface area contributed by atoms with E-state index in [9.17, 15) is 13.6 Å². The van der Waals surface area contributed by atoms with Gasteiger partial charge in [-0.05, 0) is 62.7 Å². The summed E-state index contributed by atoms with van der Waals surface area (Å²) in [4.78, 5) is 15.2. The molecule has 1 atom stereocenters. The predicted molar refractivity (Wildman–Crippen MR) is 127 cm³/mol. The molecule has 180 valence electrons. The maximum absolute atomic E-state index is 12.8. The van der Waals surface area contributed by atoms with Gasteiger partial charge in [-0.2, -0.15) is 8.78 Å². The molecule has 1 aliphatic rings. The minimum atomic E-state index is -2.89. The van der Waals surface area contributed by atoms with Gasteiger partial charge in [-0.3, -0.25) is 9.69 Å². The van der Waals surface area contributed by atoms with Crippen LogP contribution in [0, 0.1) is 0 Å². The Bertz CT molecular complexity index is 1070. The Morgan fingerprint density at radius 1 is 1.06 bits per heavy atom. The van der Waals surface area contributed by atoms with Crippen LogP contribution in [-0.2, 0) is 17.9 Å². The first-order valence-corrected chi connectivity index (χ1v) is 12.1. The number of halogens is 2. The lowest BCUT2D eigenvalue weighted by atomic mass is 10.2. The molecule has 0 radical (unpaired) electrons. The molecule has 1 fully saturated rings. The van der Waals surface area contributed by atoms with Crippen molar-refractivity contribution in [1.29, 1.82) is 0 Å². The van der Waals surface area contributed by atoms with Crippen LogP contribution >= 0.6 is 11.8 Å². The number of hydrogen-bond donors (Lipinski definition) is 1. The number of thioether (sulfide) groups is 1. The molecule has 4 rings (SSSR count). The second kappa shape index (κ2) is 11.4. The van der Waals surface area contributed by atoms with E-state index in [1.165, 1.54) is 48.9 Å². The van der Waals surface area contributed by atoms with Gasteiger partial charge in [0.25, 0.3) is 0 Å². The van der Waals surface area contributed by atoms with Crippen molar-refractivity contribution in [3.63, 3.8) is 0 Å². The van der Waals surface area contributed by atoms with Crippen molar-refractivity contribution in [2.45, 2.75) is 49.9 Å². The normalized spacial score (nSPS) is 14.9. The zero-order valence-electron chi connectivity index (χ0n) is 18.9. The summed E-state index contributed by atoms with van der Waals surface area (Å²) < 4.78 is 31.1. The van der Waals surface area contributed by atoms with Crippen LogP contribution in [0.5, 0.6) is 5.75 Å². The maximum atomic E-state index is 12.8. The molecule has 2 aromatic carbocycles. The van der Waals surface area contributed by atoms with Crippen LogP contribution in [-0.4, -0.2) is 50.5 Å². The van der Waals surface area contributed by atoms with Crippen LogP contribution in [0.3, 0.4) is 0 Å². The highest BCUT2D eigenvalue weighted by Crippen LogP contribution is 2.26. The lowest BCUT2D eigenvalue weighted by Crippen LogP contribution is -2.24. The summed E-state index contributed by atoms with van der Waals surface area (Å²) in [5, 5.41) is 11.9. The number of anilines is 1. The molecule has 0 spiro atoms. The van der Waals surface area contributed by atoms with E-state index >= 15 is 0 Å². The van der Waals surface area contributed by atoms with Crippen molar-refractivity contribution in [2.75, 3.05) is 18.4 Å². The van der Waals surface area contributed by atoms with E-state index in [-0.39, 0.29) is 11.7 Å². The number of rotatable bonds is 10. The summed E-state index contributed by atoms with van der Waals surface area (Å²) >= 11 is 1.34. The first-order chi connectivity index (χ1) is 16.5. The van der Waals surface area contributed by atoms with Gasteiger partial charge in [-0.1, -0.05) is 42.1 Å². The number of ether oxygens (including phenoxy) is 1. The summed E-state index contributed by atoms with van der Waals surface area (Å²) in [6.07, 6.45) is 2.39. The molecule has 0 bridgehead atoms. The van der Waals surface area contributed by atoms with Crippen molar-refractivity contribution >= 4 is 23.4 Å². The van der Waals surface area contributed by atoms with Gasteiger partial charge in [0.15, 0.2) is 5.16 Å². The van der Waals surface area contributed by atoms with E-state index in [2.05, 4.69) is 41.9 Å². The first-order valence-electron chi connectivity index (χ1n) is 11.2. The Labute approximate surface area is 201 Å². The molecule has 1 saturated heterocycles.